The van der Waals surface area contributed by atoms with E-state index in [9.17, 15) is 4.79 Å². The molecule has 1 saturated carbocycles. The maximum absolute atomic E-state index is 13.8. The summed E-state index contributed by atoms with van der Waals surface area (Å²) in [6, 6.07) is 14.0. The molecule has 5 rings (SSSR count). The molecule has 10 heteroatoms. The second-order valence-electron chi connectivity index (χ2n) is 11.6. The Kier molecular flexibility index (Phi) is 10.7. The second kappa shape index (κ2) is 14.5. The molecule has 2 heterocycles. The molecule has 1 aromatic heterocycles. The van der Waals surface area contributed by atoms with Crippen LogP contribution in [0.15, 0.2) is 48.7 Å². The molecule has 0 bridgehead atoms. The van der Waals surface area contributed by atoms with Gasteiger partial charge in [0.25, 0.3) is 0 Å². The molecule has 1 saturated heterocycles. The number of aryl methyl sites for hydroxylation is 1. The fourth-order valence-corrected chi connectivity index (χ4v) is 6.46. The van der Waals surface area contributed by atoms with E-state index in [1.807, 2.05) is 54.4 Å². The number of anilines is 1. The monoisotopic (exact) mass is 644 g/mol. The molecule has 3 aromatic rings. The highest BCUT2D eigenvalue weighted by Crippen LogP contribution is 2.36. The number of halogens is 3. The zero-order chi connectivity index (χ0) is 30.5. The van der Waals surface area contributed by atoms with E-state index in [-0.39, 0.29) is 30.5 Å². The molecule has 2 N–H and O–H groups in total. The summed E-state index contributed by atoms with van der Waals surface area (Å²) in [4.78, 5) is 22.7. The molecule has 2 aliphatic rings. The lowest BCUT2D eigenvalue weighted by Crippen LogP contribution is -2.41. The van der Waals surface area contributed by atoms with Gasteiger partial charge in [-0.2, -0.15) is 0 Å². The zero-order valence-electron chi connectivity index (χ0n) is 24.7. The van der Waals surface area contributed by atoms with Crippen LogP contribution in [0.3, 0.4) is 0 Å². The maximum Gasteiger partial charge on any atom is 0.227 e. The Bertz CT molecular complexity index is 1390. The topological polar surface area (TPSA) is 80.9 Å². The SMILES string of the molecule is COCCc1ccc(Cl)c(CN(C(=O)C(CN)Cc2ccc(N3CCC(Oc4c(Cl)cc(C)cc4Cl)C3)nc2)C2CC2)c1. The smallest absolute Gasteiger partial charge is 0.227 e. The number of amides is 1. The predicted octanol–water partition coefficient (Wildman–Crippen LogP) is 6.51. The minimum Gasteiger partial charge on any atom is -0.485 e. The highest BCUT2D eigenvalue weighted by atomic mass is 35.5. The summed E-state index contributed by atoms with van der Waals surface area (Å²) in [7, 11) is 1.69. The second-order valence-corrected chi connectivity index (χ2v) is 12.8. The Morgan fingerprint density at radius 2 is 1.81 bits per heavy atom. The van der Waals surface area contributed by atoms with Gasteiger partial charge in [0.1, 0.15) is 11.9 Å². The zero-order valence-corrected chi connectivity index (χ0v) is 27.0. The highest BCUT2D eigenvalue weighted by molar-refractivity contribution is 6.37. The van der Waals surface area contributed by atoms with Crippen LogP contribution in [0.4, 0.5) is 5.82 Å². The number of hydrogen-bond donors (Lipinski definition) is 1. The summed E-state index contributed by atoms with van der Waals surface area (Å²) in [6.07, 6.45) is 5.98. The molecule has 1 aliphatic heterocycles. The van der Waals surface area contributed by atoms with Crippen molar-refractivity contribution in [3.8, 4) is 5.75 Å². The Morgan fingerprint density at radius 1 is 1.07 bits per heavy atom. The van der Waals surface area contributed by atoms with Crippen molar-refractivity contribution in [1.29, 1.82) is 0 Å². The summed E-state index contributed by atoms with van der Waals surface area (Å²) < 4.78 is 11.4. The van der Waals surface area contributed by atoms with Crippen molar-refractivity contribution in [3.05, 3.63) is 86.0 Å². The standard InChI is InChI=1S/C33H39Cl3N4O3/c1-21-13-29(35)32(30(36)14-21)43-27-9-11-39(20-27)31-8-4-23(18-38-31)16-24(17-37)33(41)40(26-5-6-26)19-25-15-22(10-12-42-2)3-7-28(25)34/h3-4,7-8,13-15,18,24,26-27H,5-6,9-12,16-17,19-20,37H2,1-2H3. The molecule has 1 aliphatic carbocycles. The molecular formula is C33H39Cl3N4O3. The quantitative estimate of drug-likeness (QED) is 0.229. The molecule has 2 atom stereocenters. The number of pyridine rings is 1. The number of rotatable bonds is 13. The maximum atomic E-state index is 13.8. The van der Waals surface area contributed by atoms with Crippen molar-refractivity contribution in [3.63, 3.8) is 0 Å². The van der Waals surface area contributed by atoms with Crippen LogP contribution in [-0.4, -0.2) is 61.3 Å². The van der Waals surface area contributed by atoms with Crippen molar-refractivity contribution in [2.24, 2.45) is 11.7 Å². The molecule has 0 spiro atoms. The van der Waals surface area contributed by atoms with Crippen LogP contribution in [0.25, 0.3) is 0 Å². The summed E-state index contributed by atoms with van der Waals surface area (Å²) in [5, 5.41) is 1.71. The number of ether oxygens (including phenoxy) is 2. The van der Waals surface area contributed by atoms with E-state index in [0.29, 0.717) is 46.9 Å². The molecule has 230 valence electrons. The van der Waals surface area contributed by atoms with E-state index in [2.05, 4.69) is 11.0 Å². The third kappa shape index (κ3) is 8.14. The number of nitrogens with zero attached hydrogens (tertiary/aromatic N) is 3. The lowest BCUT2D eigenvalue weighted by atomic mass is 9.98. The molecule has 0 radical (unpaired) electrons. The fraction of sp³-hybridized carbons (Fsp3) is 0.455. The molecule has 1 amide bonds. The van der Waals surface area contributed by atoms with Gasteiger partial charge in [0.15, 0.2) is 5.75 Å². The normalized spacial score (nSPS) is 17.3. The summed E-state index contributed by atoms with van der Waals surface area (Å²) in [5.74, 6) is 1.13. The summed E-state index contributed by atoms with van der Waals surface area (Å²) in [6.45, 7) is 4.83. The first-order valence-electron chi connectivity index (χ1n) is 14.8. The van der Waals surface area contributed by atoms with Gasteiger partial charge < -0.3 is 25.0 Å². The average molecular weight is 646 g/mol. The average Bonchev–Trinajstić information content (AvgIpc) is 3.73. The predicted molar refractivity (Wildman–Crippen MR) is 174 cm³/mol. The largest absolute Gasteiger partial charge is 0.485 e. The van der Waals surface area contributed by atoms with Gasteiger partial charge in [-0.25, -0.2) is 4.98 Å². The van der Waals surface area contributed by atoms with Gasteiger partial charge in [0.05, 0.1) is 29.1 Å². The van der Waals surface area contributed by atoms with Gasteiger partial charge in [-0.1, -0.05) is 53.0 Å². The van der Waals surface area contributed by atoms with Gasteiger partial charge in [-0.05, 0) is 79.1 Å². The third-order valence-corrected chi connectivity index (χ3v) is 9.07. The lowest BCUT2D eigenvalue weighted by Gasteiger charge is -2.28. The van der Waals surface area contributed by atoms with Crippen molar-refractivity contribution < 1.29 is 14.3 Å². The van der Waals surface area contributed by atoms with Crippen LogP contribution in [0, 0.1) is 12.8 Å². The number of aromatic nitrogens is 1. The van der Waals surface area contributed by atoms with Gasteiger partial charge in [0.2, 0.25) is 5.91 Å². The number of carbonyl (C=O) groups is 1. The number of carbonyl (C=O) groups excluding carboxylic acids is 1. The minimum absolute atomic E-state index is 0.0407. The van der Waals surface area contributed by atoms with Crippen LogP contribution in [0.5, 0.6) is 5.75 Å². The van der Waals surface area contributed by atoms with E-state index in [1.165, 1.54) is 0 Å². The number of hydrogen-bond acceptors (Lipinski definition) is 6. The number of benzene rings is 2. The lowest BCUT2D eigenvalue weighted by molar-refractivity contribution is -0.136. The number of methoxy groups -OCH3 is 1. The molecule has 43 heavy (non-hydrogen) atoms. The van der Waals surface area contributed by atoms with E-state index >= 15 is 0 Å². The molecular weight excluding hydrogens is 607 g/mol. The molecule has 2 aromatic carbocycles. The third-order valence-electron chi connectivity index (χ3n) is 8.14. The van der Waals surface area contributed by atoms with Gasteiger partial charge in [0, 0.05) is 50.4 Å². The van der Waals surface area contributed by atoms with E-state index < -0.39 is 0 Å². The first-order chi connectivity index (χ1) is 20.7. The van der Waals surface area contributed by atoms with Crippen LogP contribution in [0.1, 0.15) is 41.5 Å². The van der Waals surface area contributed by atoms with Crippen molar-refractivity contribution in [2.45, 2.75) is 57.7 Å². The van der Waals surface area contributed by atoms with Gasteiger partial charge in [-0.15, -0.1) is 0 Å². The van der Waals surface area contributed by atoms with Gasteiger partial charge >= 0.3 is 0 Å². The fourth-order valence-electron chi connectivity index (χ4n) is 5.59. The highest BCUT2D eigenvalue weighted by Gasteiger charge is 2.36. The van der Waals surface area contributed by atoms with Crippen LogP contribution >= 0.6 is 34.8 Å². The van der Waals surface area contributed by atoms with E-state index in [0.717, 1.165) is 60.3 Å². The number of nitrogens with two attached hydrogens (primary N) is 1. The van der Waals surface area contributed by atoms with E-state index in [4.69, 9.17) is 55.0 Å². The van der Waals surface area contributed by atoms with Crippen molar-refractivity contribution in [2.75, 3.05) is 38.3 Å². The van der Waals surface area contributed by atoms with Crippen LogP contribution in [-0.2, 0) is 28.9 Å². The first kappa shape index (κ1) is 31.9. The summed E-state index contributed by atoms with van der Waals surface area (Å²) >= 11 is 19.3. The first-order valence-corrected chi connectivity index (χ1v) is 16.0. The Labute approximate surface area is 269 Å². The van der Waals surface area contributed by atoms with Crippen molar-refractivity contribution in [1.82, 2.24) is 9.88 Å². The molecule has 7 nitrogen and oxygen atoms in total. The van der Waals surface area contributed by atoms with Gasteiger partial charge in [-0.3, -0.25) is 4.79 Å². The van der Waals surface area contributed by atoms with Crippen LogP contribution < -0.4 is 15.4 Å². The summed E-state index contributed by atoms with van der Waals surface area (Å²) in [5.41, 5.74) is 10.2. The Hall–Kier alpha value is -2.55. The Balaban J connectivity index is 1.20. The Morgan fingerprint density at radius 3 is 2.47 bits per heavy atom. The molecule has 2 fully saturated rings. The minimum atomic E-state index is -0.336. The molecule has 2 unspecified atom stereocenters. The van der Waals surface area contributed by atoms with Crippen LogP contribution in [0.2, 0.25) is 15.1 Å². The van der Waals surface area contributed by atoms with Crippen molar-refractivity contribution >= 4 is 46.5 Å². The van der Waals surface area contributed by atoms with E-state index in [1.54, 1.807) is 7.11 Å².